The molecule has 0 radical (unpaired) electrons. The lowest BCUT2D eigenvalue weighted by molar-refractivity contribution is 0.386. The maximum absolute atomic E-state index is 5.37. The van der Waals surface area contributed by atoms with Gasteiger partial charge in [-0.15, -0.1) is 0 Å². The second-order valence-electron chi connectivity index (χ2n) is 5.33. The zero-order chi connectivity index (χ0) is 14.4. The molecule has 1 aromatic rings. The monoisotopic (exact) mass is 263 g/mol. The van der Waals surface area contributed by atoms with E-state index in [-0.39, 0.29) is 0 Å². The summed E-state index contributed by atoms with van der Waals surface area (Å²) in [6.45, 7) is 8.78. The average molecular weight is 263 g/mol. The molecule has 1 aromatic carbocycles. The molecule has 0 saturated carbocycles. The van der Waals surface area contributed by atoms with Gasteiger partial charge in [0.1, 0.15) is 11.5 Å². The van der Waals surface area contributed by atoms with Crippen LogP contribution in [0.25, 0.3) is 0 Å². The van der Waals surface area contributed by atoms with E-state index in [1.165, 1.54) is 0 Å². The molecule has 0 atom stereocenters. The highest BCUT2D eigenvalue weighted by atomic mass is 16.5. The van der Waals surface area contributed by atoms with Crippen molar-refractivity contribution in [3.63, 3.8) is 0 Å². The van der Waals surface area contributed by atoms with Crippen molar-refractivity contribution >= 4 is 6.21 Å². The standard InChI is InChI=1S/C16H25NO2/c1-11(2)16(12(3)4)17-10-13-14(18-5)8-7-9-15(13)19-6/h7-12,16H,1-6H3. The molecule has 0 aliphatic heterocycles. The zero-order valence-corrected chi connectivity index (χ0v) is 12.8. The van der Waals surface area contributed by atoms with Crippen molar-refractivity contribution in [3.8, 4) is 11.5 Å². The highest BCUT2D eigenvalue weighted by Gasteiger charge is 2.16. The number of aliphatic imine (C=N–C) groups is 1. The molecule has 106 valence electrons. The van der Waals surface area contributed by atoms with Gasteiger partial charge in [0, 0.05) is 6.21 Å². The summed E-state index contributed by atoms with van der Waals surface area (Å²) in [6.07, 6.45) is 1.88. The Hall–Kier alpha value is -1.51. The van der Waals surface area contributed by atoms with Crippen LogP contribution in [0.5, 0.6) is 11.5 Å². The molecule has 0 aromatic heterocycles. The van der Waals surface area contributed by atoms with E-state index in [2.05, 4.69) is 27.7 Å². The molecule has 0 bridgehead atoms. The second-order valence-corrected chi connectivity index (χ2v) is 5.33. The van der Waals surface area contributed by atoms with Gasteiger partial charge in [0.15, 0.2) is 0 Å². The Kier molecular flexibility index (Phi) is 5.87. The van der Waals surface area contributed by atoms with E-state index in [0.29, 0.717) is 17.9 Å². The summed E-state index contributed by atoms with van der Waals surface area (Å²) in [5.74, 6) is 2.60. The first-order valence-corrected chi connectivity index (χ1v) is 6.75. The molecule has 3 nitrogen and oxygen atoms in total. The third-order valence-corrected chi connectivity index (χ3v) is 3.21. The Bertz CT molecular complexity index is 395. The Labute approximate surface area is 116 Å². The molecule has 0 unspecified atom stereocenters. The highest BCUT2D eigenvalue weighted by Crippen LogP contribution is 2.27. The van der Waals surface area contributed by atoms with Gasteiger partial charge in [-0.2, -0.15) is 0 Å². The van der Waals surface area contributed by atoms with Crippen molar-refractivity contribution in [1.82, 2.24) is 0 Å². The van der Waals surface area contributed by atoms with Crippen LogP contribution in [0.2, 0.25) is 0 Å². The first-order chi connectivity index (χ1) is 9.01. The van der Waals surface area contributed by atoms with Gasteiger partial charge in [-0.25, -0.2) is 0 Å². The maximum Gasteiger partial charge on any atom is 0.131 e. The first-order valence-electron chi connectivity index (χ1n) is 6.75. The molecule has 0 fully saturated rings. The van der Waals surface area contributed by atoms with Crippen LogP contribution in [0.15, 0.2) is 23.2 Å². The number of ether oxygens (including phenoxy) is 2. The van der Waals surface area contributed by atoms with E-state index in [9.17, 15) is 0 Å². The topological polar surface area (TPSA) is 30.8 Å². The van der Waals surface area contributed by atoms with Gasteiger partial charge in [0.2, 0.25) is 0 Å². The van der Waals surface area contributed by atoms with E-state index in [0.717, 1.165) is 17.1 Å². The number of nitrogens with zero attached hydrogens (tertiary/aromatic N) is 1. The number of hydrogen-bond donors (Lipinski definition) is 0. The van der Waals surface area contributed by atoms with Crippen LogP contribution in [0.1, 0.15) is 33.3 Å². The predicted octanol–water partition coefficient (Wildman–Crippen LogP) is 3.80. The maximum atomic E-state index is 5.37. The highest BCUT2D eigenvalue weighted by molar-refractivity contribution is 5.87. The van der Waals surface area contributed by atoms with Gasteiger partial charge >= 0.3 is 0 Å². The van der Waals surface area contributed by atoms with Crippen molar-refractivity contribution in [2.75, 3.05) is 14.2 Å². The van der Waals surface area contributed by atoms with Crippen molar-refractivity contribution in [1.29, 1.82) is 0 Å². The normalized spacial score (nSPS) is 11.8. The molecular weight excluding hydrogens is 238 g/mol. The van der Waals surface area contributed by atoms with Crippen LogP contribution in [0.3, 0.4) is 0 Å². The van der Waals surface area contributed by atoms with Crippen molar-refractivity contribution in [3.05, 3.63) is 23.8 Å². The average Bonchev–Trinajstić information content (AvgIpc) is 2.37. The lowest BCUT2D eigenvalue weighted by atomic mass is 9.94. The minimum atomic E-state index is 0.301. The molecule has 0 aliphatic carbocycles. The van der Waals surface area contributed by atoms with Gasteiger partial charge in [-0.3, -0.25) is 4.99 Å². The van der Waals surface area contributed by atoms with Crippen LogP contribution in [-0.2, 0) is 0 Å². The molecule has 3 heteroatoms. The Morgan fingerprint density at radius 2 is 1.42 bits per heavy atom. The predicted molar refractivity (Wildman–Crippen MR) is 80.6 cm³/mol. The van der Waals surface area contributed by atoms with Gasteiger partial charge in [-0.1, -0.05) is 33.8 Å². The summed E-state index contributed by atoms with van der Waals surface area (Å²) >= 11 is 0. The smallest absolute Gasteiger partial charge is 0.131 e. The summed E-state index contributed by atoms with van der Waals surface area (Å²) < 4.78 is 10.7. The number of benzene rings is 1. The molecule has 0 heterocycles. The molecule has 0 N–H and O–H groups in total. The molecule has 19 heavy (non-hydrogen) atoms. The molecule has 0 aliphatic rings. The summed E-state index contributed by atoms with van der Waals surface area (Å²) in [7, 11) is 3.32. The third-order valence-electron chi connectivity index (χ3n) is 3.21. The molecule has 1 rings (SSSR count). The largest absolute Gasteiger partial charge is 0.496 e. The lowest BCUT2D eigenvalue weighted by Crippen LogP contribution is -2.20. The van der Waals surface area contributed by atoms with Gasteiger partial charge < -0.3 is 9.47 Å². The van der Waals surface area contributed by atoms with E-state index in [4.69, 9.17) is 14.5 Å². The summed E-state index contributed by atoms with van der Waals surface area (Å²) in [5, 5.41) is 0. The summed E-state index contributed by atoms with van der Waals surface area (Å²) in [5.41, 5.74) is 0.902. The Balaban J connectivity index is 3.09. The van der Waals surface area contributed by atoms with Crippen LogP contribution < -0.4 is 9.47 Å². The molecule has 0 spiro atoms. The molecule has 0 amide bonds. The second kappa shape index (κ2) is 7.17. The minimum absolute atomic E-state index is 0.301. The van der Waals surface area contributed by atoms with E-state index >= 15 is 0 Å². The Morgan fingerprint density at radius 1 is 0.947 bits per heavy atom. The number of rotatable bonds is 6. The fourth-order valence-electron chi connectivity index (χ4n) is 2.28. The fourth-order valence-corrected chi connectivity index (χ4v) is 2.28. The Morgan fingerprint density at radius 3 is 1.79 bits per heavy atom. The first kappa shape index (κ1) is 15.5. The fraction of sp³-hybridized carbons (Fsp3) is 0.562. The van der Waals surface area contributed by atoms with Crippen LogP contribution >= 0.6 is 0 Å². The quantitative estimate of drug-likeness (QED) is 0.731. The van der Waals surface area contributed by atoms with Crippen LogP contribution in [-0.4, -0.2) is 26.5 Å². The van der Waals surface area contributed by atoms with Crippen molar-refractivity contribution < 1.29 is 9.47 Å². The number of hydrogen-bond acceptors (Lipinski definition) is 3. The van der Waals surface area contributed by atoms with Gasteiger partial charge in [0.25, 0.3) is 0 Å². The number of methoxy groups -OCH3 is 2. The zero-order valence-electron chi connectivity index (χ0n) is 12.8. The van der Waals surface area contributed by atoms with Gasteiger partial charge in [-0.05, 0) is 24.0 Å². The lowest BCUT2D eigenvalue weighted by Gasteiger charge is -2.20. The van der Waals surface area contributed by atoms with E-state index in [1.807, 2.05) is 24.4 Å². The molecular formula is C16H25NO2. The third kappa shape index (κ3) is 3.98. The SMILES string of the molecule is COc1cccc(OC)c1C=NC(C(C)C)C(C)C. The summed E-state index contributed by atoms with van der Waals surface area (Å²) in [4.78, 5) is 4.73. The minimum Gasteiger partial charge on any atom is -0.496 e. The van der Waals surface area contributed by atoms with Gasteiger partial charge in [0.05, 0.1) is 25.8 Å². The molecule has 0 saturated heterocycles. The van der Waals surface area contributed by atoms with Crippen molar-refractivity contribution in [2.45, 2.75) is 33.7 Å². The summed E-state index contributed by atoms with van der Waals surface area (Å²) in [6, 6.07) is 6.06. The van der Waals surface area contributed by atoms with Crippen LogP contribution in [0, 0.1) is 11.8 Å². The van der Waals surface area contributed by atoms with Crippen molar-refractivity contribution in [2.24, 2.45) is 16.8 Å². The van der Waals surface area contributed by atoms with E-state index < -0.39 is 0 Å². The van der Waals surface area contributed by atoms with Crippen LogP contribution in [0.4, 0.5) is 0 Å². The van der Waals surface area contributed by atoms with E-state index in [1.54, 1.807) is 14.2 Å².